The average molecular weight is 970 g/mol. The van der Waals surface area contributed by atoms with Crippen LogP contribution in [0.3, 0.4) is 0 Å². The predicted molar refractivity (Wildman–Crippen MR) is 264 cm³/mol. The van der Waals surface area contributed by atoms with Crippen LogP contribution in [0.5, 0.6) is 0 Å². The summed E-state index contributed by atoms with van der Waals surface area (Å²) < 4.78 is 19.0. The summed E-state index contributed by atoms with van der Waals surface area (Å²) in [6, 6.07) is 0. The molecular formula is C54H106O6Sn. The maximum absolute atomic E-state index is 13.4. The minimum Gasteiger partial charge on any atom is -0.0654 e. The van der Waals surface area contributed by atoms with Gasteiger partial charge < -0.3 is 0 Å². The first kappa shape index (κ1) is 60.2. The van der Waals surface area contributed by atoms with E-state index < -0.39 is 19.6 Å². The molecule has 0 heterocycles. The van der Waals surface area contributed by atoms with Crippen LogP contribution in [0.2, 0.25) is 4.44 Å². The number of unbranched alkanes of at least 4 members (excludes halogenated alkanes) is 39. The summed E-state index contributed by atoms with van der Waals surface area (Å²) in [7, 11) is 0. The monoisotopic (exact) mass is 971 g/mol. The summed E-state index contributed by atoms with van der Waals surface area (Å²) in [5.41, 5.74) is 0. The molecule has 0 aliphatic heterocycles. The third-order valence-electron chi connectivity index (χ3n) is 12.6. The first-order valence-corrected chi connectivity index (χ1v) is 33.1. The molecule has 0 aromatic heterocycles. The third-order valence-corrected chi connectivity index (χ3v) is 20.0. The Labute approximate surface area is 386 Å². The van der Waals surface area contributed by atoms with Crippen molar-refractivity contribution in [1.29, 1.82) is 0 Å². The summed E-state index contributed by atoms with van der Waals surface area (Å²) in [6.07, 6.45) is 53.1. The van der Waals surface area contributed by atoms with Gasteiger partial charge in [-0.25, -0.2) is 0 Å². The Bertz CT molecular complexity index is 833. The van der Waals surface area contributed by atoms with Crippen LogP contribution in [0.15, 0.2) is 0 Å². The van der Waals surface area contributed by atoms with Crippen molar-refractivity contribution in [1.82, 2.24) is 0 Å². The second-order valence-corrected chi connectivity index (χ2v) is 26.0. The fourth-order valence-corrected chi connectivity index (χ4v) is 15.5. The van der Waals surface area contributed by atoms with Crippen molar-refractivity contribution in [3.63, 3.8) is 0 Å². The molecule has 0 aliphatic carbocycles. The zero-order chi connectivity index (χ0) is 44.6. The number of hydrogen-bond donors (Lipinski definition) is 0. The van der Waals surface area contributed by atoms with Gasteiger partial charge in [0.2, 0.25) is 0 Å². The van der Waals surface area contributed by atoms with Gasteiger partial charge in [-0.2, -0.15) is 0 Å². The molecule has 7 heteroatoms. The molecule has 0 bridgehead atoms. The van der Waals surface area contributed by atoms with Crippen LogP contribution in [0.25, 0.3) is 0 Å². The minimum absolute atomic E-state index is 0.290. The molecule has 362 valence electrons. The van der Waals surface area contributed by atoms with Crippen molar-refractivity contribution in [2.75, 3.05) is 0 Å². The smallest absolute Gasteiger partial charge is 0.0654 e. The Hall–Kier alpha value is -0.791. The Kier molecular flexibility index (Phi) is 48.0. The molecule has 6 nitrogen and oxygen atoms in total. The summed E-state index contributed by atoms with van der Waals surface area (Å²) in [5, 5.41) is 0. The molecule has 0 radical (unpaired) electrons. The van der Waals surface area contributed by atoms with E-state index in [2.05, 4.69) is 27.7 Å². The van der Waals surface area contributed by atoms with Crippen molar-refractivity contribution in [2.45, 2.75) is 327 Å². The maximum atomic E-state index is 13.4. The molecule has 0 saturated carbocycles. The molecule has 0 saturated heterocycles. The fourth-order valence-electron chi connectivity index (χ4n) is 8.52. The van der Waals surface area contributed by atoms with Gasteiger partial charge in [-0.3, -0.25) is 0 Å². The normalized spacial score (nSPS) is 11.6. The second kappa shape index (κ2) is 48.7. The number of carbonyl (C=O) groups excluding carboxylic acids is 3. The predicted octanol–water partition coefficient (Wildman–Crippen LogP) is 18.6. The van der Waals surface area contributed by atoms with E-state index in [0.717, 1.165) is 83.5 Å². The first-order valence-electron chi connectivity index (χ1n) is 27.6. The SMILES string of the molecule is CCCCCCCCCCCCCCCC(=O)[O][Sn]([CH2]CCCCC)([O]C(=O)CCCCCCCCCCCCCCC)[O]C(=O)CCCCCCCCCCCCCCC. The molecule has 0 N–H and O–H groups in total. The summed E-state index contributed by atoms with van der Waals surface area (Å²) in [6.45, 7) is 8.97. The van der Waals surface area contributed by atoms with Gasteiger partial charge in [-0.1, -0.05) is 97.8 Å². The van der Waals surface area contributed by atoms with E-state index in [9.17, 15) is 14.4 Å². The standard InChI is InChI=1S/3C16H32O2.C6H13.Sn/c3*1-2-3-4-5-6-7-8-9-10-11-12-13-14-15-16(17)18;1-3-5-6-4-2;/h3*2-15H2,1H3,(H,17,18);1,3-6H2,2H3;/q;;;;+3/p-3. The molecule has 0 aliphatic rings. The Morgan fingerprint density at radius 1 is 0.246 bits per heavy atom. The van der Waals surface area contributed by atoms with E-state index in [1.165, 1.54) is 193 Å². The van der Waals surface area contributed by atoms with Crippen LogP contribution in [0, 0.1) is 0 Å². The molecule has 0 amide bonds. The number of hydrogen-bond acceptors (Lipinski definition) is 6. The van der Waals surface area contributed by atoms with Gasteiger partial charge in [0, 0.05) is 0 Å². The molecule has 0 unspecified atom stereocenters. The Morgan fingerprint density at radius 2 is 0.410 bits per heavy atom. The molecule has 0 aromatic rings. The molecule has 0 fully saturated rings. The van der Waals surface area contributed by atoms with Gasteiger partial charge in [0.15, 0.2) is 0 Å². The molecule has 0 spiro atoms. The van der Waals surface area contributed by atoms with E-state index in [-0.39, 0.29) is 37.2 Å². The van der Waals surface area contributed by atoms with E-state index in [4.69, 9.17) is 9.22 Å². The van der Waals surface area contributed by atoms with Gasteiger partial charge in [0.05, 0.1) is 0 Å². The van der Waals surface area contributed by atoms with Gasteiger partial charge in [0.1, 0.15) is 0 Å². The Balaban J connectivity index is 5.00. The van der Waals surface area contributed by atoms with E-state index in [1.54, 1.807) is 0 Å². The molecular weight excluding hydrogens is 863 g/mol. The summed E-state index contributed by atoms with van der Waals surface area (Å²) >= 11 is -4.89. The van der Waals surface area contributed by atoms with Crippen LogP contribution >= 0.6 is 0 Å². The summed E-state index contributed by atoms with van der Waals surface area (Å²) in [5.74, 6) is -1.05. The second-order valence-electron chi connectivity index (χ2n) is 18.9. The van der Waals surface area contributed by atoms with Crippen molar-refractivity contribution < 1.29 is 23.6 Å². The van der Waals surface area contributed by atoms with Crippen molar-refractivity contribution in [3.8, 4) is 0 Å². The van der Waals surface area contributed by atoms with Crippen molar-refractivity contribution >= 4 is 37.5 Å². The number of rotatable bonds is 50. The quantitative estimate of drug-likeness (QED) is 0.0446. The van der Waals surface area contributed by atoms with E-state index in [0.29, 0.717) is 4.44 Å². The molecule has 0 aromatic carbocycles. The zero-order valence-electron chi connectivity index (χ0n) is 41.7. The van der Waals surface area contributed by atoms with Crippen LogP contribution in [0.1, 0.15) is 323 Å². The zero-order valence-corrected chi connectivity index (χ0v) is 44.5. The Morgan fingerprint density at radius 3 is 0.607 bits per heavy atom. The molecule has 0 rings (SSSR count). The van der Waals surface area contributed by atoms with E-state index in [1.807, 2.05) is 0 Å². The van der Waals surface area contributed by atoms with Crippen molar-refractivity contribution in [3.05, 3.63) is 0 Å². The first-order chi connectivity index (χ1) is 29.9. The van der Waals surface area contributed by atoms with Gasteiger partial charge in [-0.05, 0) is 0 Å². The topological polar surface area (TPSA) is 78.9 Å². The third kappa shape index (κ3) is 44.2. The average Bonchev–Trinajstić information content (AvgIpc) is 3.24. The summed E-state index contributed by atoms with van der Waals surface area (Å²) in [4.78, 5) is 40.3. The number of carbonyl (C=O) groups is 3. The van der Waals surface area contributed by atoms with Crippen LogP contribution in [-0.4, -0.2) is 37.5 Å². The minimum atomic E-state index is -4.89. The molecule has 61 heavy (non-hydrogen) atoms. The van der Waals surface area contributed by atoms with Crippen LogP contribution < -0.4 is 0 Å². The van der Waals surface area contributed by atoms with Gasteiger partial charge in [0.25, 0.3) is 0 Å². The van der Waals surface area contributed by atoms with Crippen LogP contribution in [-0.2, 0) is 23.6 Å². The van der Waals surface area contributed by atoms with Gasteiger partial charge >= 0.3 is 291 Å². The van der Waals surface area contributed by atoms with Crippen LogP contribution in [0.4, 0.5) is 0 Å². The fraction of sp³-hybridized carbons (Fsp3) is 0.944. The van der Waals surface area contributed by atoms with E-state index >= 15 is 0 Å². The van der Waals surface area contributed by atoms with Gasteiger partial charge in [-0.15, -0.1) is 0 Å². The van der Waals surface area contributed by atoms with Crippen molar-refractivity contribution in [2.24, 2.45) is 0 Å². The molecule has 0 atom stereocenters.